The first-order valence-electron chi connectivity index (χ1n) is 13.9. The molecule has 1 unspecified atom stereocenters. The van der Waals surface area contributed by atoms with E-state index in [0.717, 1.165) is 24.8 Å². The van der Waals surface area contributed by atoms with Crippen LogP contribution < -0.4 is 19.4 Å². The van der Waals surface area contributed by atoms with Crippen molar-refractivity contribution in [3.63, 3.8) is 0 Å². The molecule has 2 aliphatic heterocycles. The molecular formula is C32H32F2N4O3. The van der Waals surface area contributed by atoms with E-state index in [9.17, 15) is 13.6 Å². The van der Waals surface area contributed by atoms with Crippen LogP contribution >= 0.6 is 0 Å². The van der Waals surface area contributed by atoms with Gasteiger partial charge in [0, 0.05) is 49.9 Å². The highest BCUT2D eigenvalue weighted by atomic mass is 19.1. The van der Waals surface area contributed by atoms with Crippen molar-refractivity contribution >= 4 is 23.4 Å². The molecule has 3 aromatic carbocycles. The molecule has 0 aromatic heterocycles. The van der Waals surface area contributed by atoms with Crippen LogP contribution in [0.25, 0.3) is 0 Å². The van der Waals surface area contributed by atoms with E-state index >= 15 is 0 Å². The van der Waals surface area contributed by atoms with Gasteiger partial charge in [-0.25, -0.2) is 8.78 Å². The zero-order chi connectivity index (χ0) is 28.9. The highest BCUT2D eigenvalue weighted by Crippen LogP contribution is 2.34. The molecule has 5 rings (SSSR count). The van der Waals surface area contributed by atoms with Crippen LogP contribution in [0.5, 0.6) is 11.5 Å². The standard InChI is InChI=1S/C32H32F2N4O3/c1-3-40-26-9-11-28(33)31(19-26)37-15-12-25(13-16-37)41-24-7-5-23(6-8-24)38-30(14-17-39)21(2)32(36-38)27-10-4-22(20-35)18-29(27)34/h4-11,17-19,21,25,30H,3,12-16H2,1-2H3/t21?,30-/m0/s1. The number of carbonyl (C=O) groups is 1. The topological polar surface area (TPSA) is 78.2 Å². The molecule has 2 heterocycles. The number of piperidine rings is 1. The molecule has 212 valence electrons. The highest BCUT2D eigenvalue weighted by molar-refractivity contribution is 6.05. The number of nitriles is 1. The van der Waals surface area contributed by atoms with Crippen molar-refractivity contribution in [2.45, 2.75) is 45.3 Å². The van der Waals surface area contributed by atoms with Gasteiger partial charge in [-0.3, -0.25) is 5.01 Å². The number of aldehydes is 1. The minimum absolute atomic E-state index is 0.00571. The molecule has 0 saturated carbocycles. The normalized spacial score (nSPS) is 19.0. The largest absolute Gasteiger partial charge is 0.494 e. The molecule has 0 amide bonds. The van der Waals surface area contributed by atoms with E-state index in [4.69, 9.17) is 19.8 Å². The average Bonchev–Trinajstić information content (AvgIpc) is 3.30. The zero-order valence-electron chi connectivity index (χ0n) is 23.1. The van der Waals surface area contributed by atoms with Gasteiger partial charge in [-0.1, -0.05) is 6.92 Å². The third kappa shape index (κ3) is 6.02. The Morgan fingerprint density at radius 1 is 1.02 bits per heavy atom. The Hall–Kier alpha value is -4.45. The Labute approximate surface area is 238 Å². The van der Waals surface area contributed by atoms with E-state index in [1.807, 2.05) is 49.1 Å². The first-order valence-corrected chi connectivity index (χ1v) is 13.9. The maximum absolute atomic E-state index is 14.8. The number of carbonyl (C=O) groups excluding carboxylic acids is 1. The van der Waals surface area contributed by atoms with Crippen molar-refractivity contribution in [2.24, 2.45) is 11.0 Å². The second-order valence-corrected chi connectivity index (χ2v) is 10.2. The predicted octanol–water partition coefficient (Wildman–Crippen LogP) is 6.10. The number of ether oxygens (including phenoxy) is 2. The Balaban J connectivity index is 1.26. The van der Waals surface area contributed by atoms with Gasteiger partial charge >= 0.3 is 0 Å². The smallest absolute Gasteiger partial charge is 0.146 e. The lowest BCUT2D eigenvalue weighted by Gasteiger charge is -2.34. The summed E-state index contributed by atoms with van der Waals surface area (Å²) in [5.41, 5.74) is 2.41. The van der Waals surface area contributed by atoms with Gasteiger partial charge in [-0.2, -0.15) is 10.4 Å². The van der Waals surface area contributed by atoms with Crippen LogP contribution in [0, 0.1) is 28.9 Å². The number of anilines is 2. The fourth-order valence-electron chi connectivity index (χ4n) is 5.49. The number of nitrogens with zero attached hydrogens (tertiary/aromatic N) is 4. The Bertz CT molecular complexity index is 1460. The summed E-state index contributed by atoms with van der Waals surface area (Å²) in [4.78, 5) is 13.5. The molecule has 0 aliphatic carbocycles. The fraction of sp³-hybridized carbons (Fsp3) is 0.344. The summed E-state index contributed by atoms with van der Waals surface area (Å²) in [5.74, 6) is 0.380. The van der Waals surface area contributed by atoms with Gasteiger partial charge in [0.25, 0.3) is 0 Å². The van der Waals surface area contributed by atoms with Gasteiger partial charge in [0.15, 0.2) is 0 Å². The summed E-state index contributed by atoms with van der Waals surface area (Å²) >= 11 is 0. The van der Waals surface area contributed by atoms with Crippen LogP contribution in [-0.4, -0.2) is 43.8 Å². The summed E-state index contributed by atoms with van der Waals surface area (Å²) < 4.78 is 41.1. The molecular weight excluding hydrogens is 526 g/mol. The first-order chi connectivity index (χ1) is 19.9. The summed E-state index contributed by atoms with van der Waals surface area (Å²) in [6.07, 6.45) is 2.57. The molecule has 0 spiro atoms. The van der Waals surface area contributed by atoms with Crippen LogP contribution in [0.3, 0.4) is 0 Å². The van der Waals surface area contributed by atoms with Crippen molar-refractivity contribution in [3.05, 3.63) is 83.4 Å². The van der Waals surface area contributed by atoms with Crippen molar-refractivity contribution in [2.75, 3.05) is 29.6 Å². The maximum Gasteiger partial charge on any atom is 0.146 e. The lowest BCUT2D eigenvalue weighted by atomic mass is 9.90. The number of hydrogen-bond acceptors (Lipinski definition) is 7. The molecule has 2 atom stereocenters. The first kappa shape index (κ1) is 28.1. The Kier molecular flexibility index (Phi) is 8.48. The molecule has 9 heteroatoms. The molecule has 0 bridgehead atoms. The molecule has 7 nitrogen and oxygen atoms in total. The number of halogens is 2. The quantitative estimate of drug-likeness (QED) is 0.295. The number of rotatable bonds is 9. The summed E-state index contributed by atoms with van der Waals surface area (Å²) in [7, 11) is 0. The minimum atomic E-state index is -0.513. The molecule has 41 heavy (non-hydrogen) atoms. The Morgan fingerprint density at radius 2 is 1.76 bits per heavy atom. The molecule has 0 radical (unpaired) electrons. The number of benzene rings is 3. The number of hydrogen-bond donors (Lipinski definition) is 0. The summed E-state index contributed by atoms with van der Waals surface area (Å²) in [6, 6.07) is 18.3. The van der Waals surface area contributed by atoms with Crippen molar-refractivity contribution in [1.29, 1.82) is 5.26 Å². The molecule has 1 fully saturated rings. The summed E-state index contributed by atoms with van der Waals surface area (Å²) in [6.45, 7) is 5.68. The van der Waals surface area contributed by atoms with E-state index in [-0.39, 0.29) is 35.9 Å². The maximum atomic E-state index is 14.8. The van der Waals surface area contributed by atoms with Gasteiger partial charge < -0.3 is 19.2 Å². The van der Waals surface area contributed by atoms with Crippen molar-refractivity contribution in [1.82, 2.24) is 0 Å². The van der Waals surface area contributed by atoms with Crippen molar-refractivity contribution in [3.8, 4) is 17.6 Å². The van der Waals surface area contributed by atoms with Gasteiger partial charge in [-0.15, -0.1) is 0 Å². The van der Waals surface area contributed by atoms with Crippen LogP contribution in [-0.2, 0) is 4.79 Å². The SMILES string of the molecule is CCOc1ccc(F)c(N2CCC(Oc3ccc(N4N=C(c5ccc(C#N)cc5F)C(C)[C@@H]4CC=O)cc3)CC2)c1. The molecule has 2 aliphatic rings. The highest BCUT2D eigenvalue weighted by Gasteiger charge is 2.36. The lowest BCUT2D eigenvalue weighted by Crippen LogP contribution is -2.38. The second kappa shape index (κ2) is 12.4. The third-order valence-electron chi connectivity index (χ3n) is 7.67. The van der Waals surface area contributed by atoms with E-state index in [1.165, 1.54) is 12.1 Å². The summed E-state index contributed by atoms with van der Waals surface area (Å²) in [5, 5.41) is 15.5. The van der Waals surface area contributed by atoms with E-state index in [2.05, 4.69) is 0 Å². The predicted molar refractivity (Wildman–Crippen MR) is 154 cm³/mol. The second-order valence-electron chi connectivity index (χ2n) is 10.2. The van der Waals surface area contributed by atoms with E-state index in [1.54, 1.807) is 29.3 Å². The van der Waals surface area contributed by atoms with Gasteiger partial charge in [0.1, 0.15) is 35.5 Å². The van der Waals surface area contributed by atoms with Crippen LogP contribution in [0.15, 0.2) is 65.8 Å². The minimum Gasteiger partial charge on any atom is -0.494 e. The average molecular weight is 559 g/mol. The zero-order valence-corrected chi connectivity index (χ0v) is 23.1. The third-order valence-corrected chi connectivity index (χ3v) is 7.67. The molecule has 0 N–H and O–H groups in total. The molecule has 3 aromatic rings. The Morgan fingerprint density at radius 3 is 2.41 bits per heavy atom. The monoisotopic (exact) mass is 558 g/mol. The van der Waals surface area contributed by atoms with E-state index < -0.39 is 5.82 Å². The molecule has 1 saturated heterocycles. The van der Waals surface area contributed by atoms with E-state index in [0.29, 0.717) is 48.2 Å². The number of hydrazone groups is 1. The lowest BCUT2D eigenvalue weighted by molar-refractivity contribution is -0.108. The van der Waals surface area contributed by atoms with Gasteiger partial charge in [0.05, 0.1) is 41.4 Å². The van der Waals surface area contributed by atoms with Crippen LogP contribution in [0.4, 0.5) is 20.2 Å². The fourth-order valence-corrected chi connectivity index (χ4v) is 5.49. The van der Waals surface area contributed by atoms with Crippen LogP contribution in [0.2, 0.25) is 0 Å². The van der Waals surface area contributed by atoms with Crippen LogP contribution in [0.1, 0.15) is 44.2 Å². The van der Waals surface area contributed by atoms with Gasteiger partial charge in [0.2, 0.25) is 0 Å². The van der Waals surface area contributed by atoms with Gasteiger partial charge in [-0.05, 0) is 61.5 Å². The van der Waals surface area contributed by atoms with Crippen molar-refractivity contribution < 1.29 is 23.0 Å².